The number of halogens is 1. The summed E-state index contributed by atoms with van der Waals surface area (Å²) in [7, 11) is -3.91. The van der Waals surface area contributed by atoms with Gasteiger partial charge in [0.05, 0.1) is 11.4 Å². The van der Waals surface area contributed by atoms with Crippen LogP contribution in [0.5, 0.6) is 5.75 Å². The van der Waals surface area contributed by atoms with Gasteiger partial charge < -0.3 is 9.64 Å². The van der Waals surface area contributed by atoms with Gasteiger partial charge in [-0.2, -0.15) is 4.31 Å². The van der Waals surface area contributed by atoms with Crippen molar-refractivity contribution < 1.29 is 22.3 Å². The fourth-order valence-corrected chi connectivity index (χ4v) is 5.45. The molecule has 0 fully saturated rings. The van der Waals surface area contributed by atoms with Crippen LogP contribution in [0.2, 0.25) is 0 Å². The van der Waals surface area contributed by atoms with Crippen molar-refractivity contribution in [1.82, 2.24) is 4.31 Å². The van der Waals surface area contributed by atoms with Gasteiger partial charge in [0.1, 0.15) is 18.2 Å². The molecule has 0 saturated carbocycles. The van der Waals surface area contributed by atoms with E-state index in [0.29, 0.717) is 17.9 Å². The van der Waals surface area contributed by atoms with Gasteiger partial charge in [-0.15, -0.1) is 0 Å². The Balaban J connectivity index is 1.64. The van der Waals surface area contributed by atoms with E-state index in [0.717, 1.165) is 22.9 Å². The van der Waals surface area contributed by atoms with Gasteiger partial charge in [-0.3, -0.25) is 4.79 Å². The number of amides is 1. The summed E-state index contributed by atoms with van der Waals surface area (Å²) in [4.78, 5) is 14.7. The molecule has 1 aliphatic rings. The zero-order chi connectivity index (χ0) is 25.2. The van der Waals surface area contributed by atoms with Crippen LogP contribution < -0.4 is 9.64 Å². The SMILES string of the molecule is Cc1ccc(N(Cc2ccc3c(c2)CN(S(=O)(=O)c2cccc(F)c2)CCO3)C(=O)C(C)C)cc1. The molecular weight excluding hydrogens is 467 g/mol. The number of anilines is 1. The fourth-order valence-electron chi connectivity index (χ4n) is 4.02. The van der Waals surface area contributed by atoms with E-state index in [1.165, 1.54) is 22.5 Å². The van der Waals surface area contributed by atoms with Crippen molar-refractivity contribution >= 4 is 21.6 Å². The molecule has 0 radical (unpaired) electrons. The first-order valence-electron chi connectivity index (χ1n) is 11.5. The monoisotopic (exact) mass is 496 g/mol. The van der Waals surface area contributed by atoms with Gasteiger partial charge in [-0.25, -0.2) is 12.8 Å². The Morgan fingerprint density at radius 2 is 1.83 bits per heavy atom. The molecule has 0 atom stereocenters. The molecule has 3 aromatic carbocycles. The van der Waals surface area contributed by atoms with E-state index in [4.69, 9.17) is 4.74 Å². The second-order valence-electron chi connectivity index (χ2n) is 9.00. The minimum absolute atomic E-state index is 0.00430. The van der Waals surface area contributed by atoms with Crippen molar-refractivity contribution in [1.29, 1.82) is 0 Å². The number of nitrogens with zero attached hydrogens (tertiary/aromatic N) is 2. The Labute approximate surface area is 206 Å². The molecule has 184 valence electrons. The van der Waals surface area contributed by atoms with E-state index in [1.54, 1.807) is 4.90 Å². The summed E-state index contributed by atoms with van der Waals surface area (Å²) in [5.74, 6) is -0.198. The zero-order valence-corrected chi connectivity index (χ0v) is 20.9. The lowest BCUT2D eigenvalue weighted by Crippen LogP contribution is -2.34. The molecule has 4 rings (SSSR count). The average Bonchev–Trinajstić information content (AvgIpc) is 3.05. The van der Waals surface area contributed by atoms with Crippen LogP contribution in [-0.2, 0) is 27.9 Å². The van der Waals surface area contributed by atoms with E-state index in [9.17, 15) is 17.6 Å². The number of fused-ring (bicyclic) bond motifs is 1. The summed E-state index contributed by atoms with van der Waals surface area (Å²) >= 11 is 0. The van der Waals surface area contributed by atoms with Gasteiger partial charge in [0.2, 0.25) is 15.9 Å². The third-order valence-electron chi connectivity index (χ3n) is 5.95. The largest absolute Gasteiger partial charge is 0.492 e. The Morgan fingerprint density at radius 3 is 2.51 bits per heavy atom. The first-order chi connectivity index (χ1) is 16.6. The van der Waals surface area contributed by atoms with E-state index < -0.39 is 15.8 Å². The van der Waals surface area contributed by atoms with Crippen molar-refractivity contribution in [2.75, 3.05) is 18.1 Å². The van der Waals surface area contributed by atoms with Crippen molar-refractivity contribution in [2.45, 2.75) is 38.8 Å². The molecule has 0 unspecified atom stereocenters. The fraction of sp³-hybridized carbons (Fsp3) is 0.296. The van der Waals surface area contributed by atoms with Crippen LogP contribution in [0.4, 0.5) is 10.1 Å². The molecule has 6 nitrogen and oxygen atoms in total. The predicted octanol–water partition coefficient (Wildman–Crippen LogP) is 4.91. The van der Waals surface area contributed by atoms with Crippen LogP contribution >= 0.6 is 0 Å². The quantitative estimate of drug-likeness (QED) is 0.487. The highest BCUT2D eigenvalue weighted by molar-refractivity contribution is 7.89. The number of aryl methyl sites for hydroxylation is 1. The smallest absolute Gasteiger partial charge is 0.243 e. The molecule has 0 aromatic heterocycles. The molecule has 35 heavy (non-hydrogen) atoms. The summed E-state index contributed by atoms with van der Waals surface area (Å²) in [5.41, 5.74) is 3.45. The Hall–Kier alpha value is -3.23. The zero-order valence-electron chi connectivity index (χ0n) is 20.1. The predicted molar refractivity (Wildman–Crippen MR) is 133 cm³/mol. The Bertz CT molecular complexity index is 1320. The second-order valence-corrected chi connectivity index (χ2v) is 10.9. The van der Waals surface area contributed by atoms with E-state index in [-0.39, 0.29) is 36.4 Å². The number of hydrogen-bond acceptors (Lipinski definition) is 4. The maximum Gasteiger partial charge on any atom is 0.243 e. The third-order valence-corrected chi connectivity index (χ3v) is 7.79. The normalized spacial score (nSPS) is 14.2. The molecule has 3 aromatic rings. The van der Waals surface area contributed by atoms with Gasteiger partial charge in [0, 0.05) is 30.3 Å². The van der Waals surface area contributed by atoms with Gasteiger partial charge >= 0.3 is 0 Å². The highest BCUT2D eigenvalue weighted by atomic mass is 32.2. The lowest BCUT2D eigenvalue weighted by molar-refractivity contribution is -0.121. The molecule has 0 spiro atoms. The van der Waals surface area contributed by atoms with Gasteiger partial charge in [0.15, 0.2) is 0 Å². The van der Waals surface area contributed by atoms with Crippen molar-refractivity contribution in [2.24, 2.45) is 5.92 Å². The van der Waals surface area contributed by atoms with Crippen molar-refractivity contribution in [3.63, 3.8) is 0 Å². The second kappa shape index (κ2) is 10.2. The maximum atomic E-state index is 13.7. The average molecular weight is 497 g/mol. The highest BCUT2D eigenvalue weighted by Gasteiger charge is 2.28. The molecule has 1 aliphatic heterocycles. The summed E-state index contributed by atoms with van der Waals surface area (Å²) in [6, 6.07) is 18.4. The number of benzene rings is 3. The summed E-state index contributed by atoms with van der Waals surface area (Å²) < 4.78 is 47.2. The number of carbonyl (C=O) groups is 1. The first kappa shape index (κ1) is 24.9. The Morgan fingerprint density at radius 1 is 1.09 bits per heavy atom. The molecule has 0 bridgehead atoms. The van der Waals surface area contributed by atoms with E-state index in [2.05, 4.69) is 0 Å². The topological polar surface area (TPSA) is 66.9 Å². The van der Waals surface area contributed by atoms with Crippen LogP contribution in [0.1, 0.15) is 30.5 Å². The van der Waals surface area contributed by atoms with Crippen LogP contribution in [-0.4, -0.2) is 31.8 Å². The standard InChI is InChI=1S/C27H29FN2O4S/c1-19(2)27(31)30(24-10-7-20(3)8-11-24)17-21-9-12-26-22(15-21)18-29(13-14-34-26)35(32,33)25-6-4-5-23(28)16-25/h4-12,15-16,19H,13-14,17-18H2,1-3H3. The number of sulfonamides is 1. The van der Waals surface area contributed by atoms with Gasteiger partial charge in [-0.05, 0) is 55.0 Å². The van der Waals surface area contributed by atoms with Crippen molar-refractivity contribution in [3.05, 3.63) is 89.2 Å². The molecule has 0 saturated heterocycles. The van der Waals surface area contributed by atoms with Crippen molar-refractivity contribution in [3.8, 4) is 5.75 Å². The van der Waals surface area contributed by atoms with E-state index in [1.807, 2.05) is 63.2 Å². The summed E-state index contributed by atoms with van der Waals surface area (Å²) in [5, 5.41) is 0. The number of carbonyl (C=O) groups excluding carboxylic acids is 1. The van der Waals surface area contributed by atoms with Crippen LogP contribution in [0.3, 0.4) is 0 Å². The molecule has 0 N–H and O–H groups in total. The lowest BCUT2D eigenvalue weighted by atomic mass is 10.1. The highest BCUT2D eigenvalue weighted by Crippen LogP contribution is 2.29. The molecule has 8 heteroatoms. The van der Waals surface area contributed by atoms with Gasteiger partial charge in [-0.1, -0.05) is 43.7 Å². The van der Waals surface area contributed by atoms with E-state index >= 15 is 0 Å². The minimum Gasteiger partial charge on any atom is -0.492 e. The molecule has 0 aliphatic carbocycles. The van der Waals surface area contributed by atoms with Crippen LogP contribution in [0.15, 0.2) is 71.6 Å². The van der Waals surface area contributed by atoms with Crippen LogP contribution in [0, 0.1) is 18.7 Å². The molecule has 1 heterocycles. The van der Waals surface area contributed by atoms with Gasteiger partial charge in [0.25, 0.3) is 0 Å². The maximum absolute atomic E-state index is 13.7. The minimum atomic E-state index is -3.91. The Kier molecular flexibility index (Phi) is 7.23. The summed E-state index contributed by atoms with van der Waals surface area (Å²) in [6.07, 6.45) is 0. The number of hydrogen-bond donors (Lipinski definition) is 0. The summed E-state index contributed by atoms with van der Waals surface area (Å²) in [6.45, 7) is 6.47. The van der Waals surface area contributed by atoms with Crippen LogP contribution in [0.25, 0.3) is 0 Å². The molecular formula is C27H29FN2O4S. The number of rotatable bonds is 6. The first-order valence-corrected chi connectivity index (χ1v) is 13.0. The molecule has 1 amide bonds. The lowest BCUT2D eigenvalue weighted by Gasteiger charge is -2.25. The third kappa shape index (κ3) is 5.55. The number of ether oxygens (including phenoxy) is 1.